The summed E-state index contributed by atoms with van der Waals surface area (Å²) in [5.41, 5.74) is 0.328. The van der Waals surface area contributed by atoms with Gasteiger partial charge in [-0.1, -0.05) is 29.3 Å². The number of likely N-dealkylation sites (tertiary alicyclic amines) is 1. The van der Waals surface area contributed by atoms with E-state index in [9.17, 15) is 9.59 Å². The zero-order valence-electron chi connectivity index (χ0n) is 10.8. The number of benzene rings is 1. The highest BCUT2D eigenvalue weighted by atomic mass is 35.5. The molecule has 0 saturated carbocycles. The molecular formula is C14H15Cl2NO3. The molecule has 1 N–H and O–H groups in total. The first-order chi connectivity index (χ1) is 9.49. The van der Waals surface area contributed by atoms with Gasteiger partial charge >= 0.3 is 5.97 Å². The van der Waals surface area contributed by atoms with Crippen molar-refractivity contribution in [3.63, 3.8) is 0 Å². The van der Waals surface area contributed by atoms with E-state index in [0.29, 0.717) is 35.1 Å². The number of rotatable bonds is 4. The Morgan fingerprint density at radius 3 is 2.55 bits per heavy atom. The van der Waals surface area contributed by atoms with Crippen molar-refractivity contribution in [3.8, 4) is 0 Å². The molecule has 2 rings (SSSR count). The Morgan fingerprint density at radius 1 is 1.30 bits per heavy atom. The monoisotopic (exact) mass is 315 g/mol. The summed E-state index contributed by atoms with van der Waals surface area (Å²) in [6.07, 6.45) is 1.55. The molecule has 1 atom stereocenters. The first-order valence-corrected chi connectivity index (χ1v) is 7.19. The molecule has 1 aromatic carbocycles. The van der Waals surface area contributed by atoms with Crippen LogP contribution in [0.25, 0.3) is 0 Å². The number of aliphatic carboxylic acids is 1. The number of carbonyl (C=O) groups excluding carboxylic acids is 1. The van der Waals surface area contributed by atoms with Gasteiger partial charge in [-0.3, -0.25) is 9.59 Å². The molecule has 1 heterocycles. The van der Waals surface area contributed by atoms with Crippen LogP contribution in [-0.4, -0.2) is 35.0 Å². The third-order valence-corrected chi connectivity index (χ3v) is 4.15. The number of nitrogens with zero attached hydrogens (tertiary/aromatic N) is 1. The molecule has 1 saturated heterocycles. The maximum atomic E-state index is 12.4. The van der Waals surface area contributed by atoms with Crippen molar-refractivity contribution >= 4 is 35.1 Å². The van der Waals surface area contributed by atoms with Crippen LogP contribution in [0.1, 0.15) is 29.6 Å². The number of carboxylic acid groups (broad SMARTS) is 1. The first-order valence-electron chi connectivity index (χ1n) is 6.44. The summed E-state index contributed by atoms with van der Waals surface area (Å²) in [4.78, 5) is 24.7. The van der Waals surface area contributed by atoms with E-state index in [1.807, 2.05) is 0 Å². The highest BCUT2D eigenvalue weighted by molar-refractivity contribution is 6.39. The largest absolute Gasteiger partial charge is 0.481 e. The average molecular weight is 316 g/mol. The molecule has 0 bridgehead atoms. The lowest BCUT2D eigenvalue weighted by Crippen LogP contribution is -2.29. The Morgan fingerprint density at radius 2 is 1.95 bits per heavy atom. The molecule has 4 nitrogen and oxygen atoms in total. The summed E-state index contributed by atoms with van der Waals surface area (Å²) in [7, 11) is 0. The summed E-state index contributed by atoms with van der Waals surface area (Å²) >= 11 is 12.1. The van der Waals surface area contributed by atoms with Gasteiger partial charge in [-0.15, -0.1) is 0 Å². The summed E-state index contributed by atoms with van der Waals surface area (Å²) in [5, 5.41) is 9.37. The van der Waals surface area contributed by atoms with Crippen LogP contribution in [0.2, 0.25) is 10.0 Å². The van der Waals surface area contributed by atoms with E-state index in [1.165, 1.54) is 0 Å². The minimum Gasteiger partial charge on any atom is -0.481 e. The molecule has 108 valence electrons. The molecule has 0 aliphatic carbocycles. The van der Waals surface area contributed by atoms with Gasteiger partial charge in [0.25, 0.3) is 5.91 Å². The Bertz CT molecular complexity index is 513. The first kappa shape index (κ1) is 15.1. The smallest absolute Gasteiger partial charge is 0.303 e. The Balaban J connectivity index is 2.03. The summed E-state index contributed by atoms with van der Waals surface area (Å²) < 4.78 is 0. The van der Waals surface area contributed by atoms with Crippen LogP contribution in [0.5, 0.6) is 0 Å². The van der Waals surface area contributed by atoms with Gasteiger partial charge in [0.1, 0.15) is 0 Å². The summed E-state index contributed by atoms with van der Waals surface area (Å²) in [6, 6.07) is 4.97. The highest BCUT2D eigenvalue weighted by Crippen LogP contribution is 2.29. The molecule has 0 aromatic heterocycles. The van der Waals surface area contributed by atoms with E-state index in [4.69, 9.17) is 28.3 Å². The van der Waals surface area contributed by atoms with Crippen LogP contribution < -0.4 is 0 Å². The molecule has 20 heavy (non-hydrogen) atoms. The van der Waals surface area contributed by atoms with Crippen molar-refractivity contribution in [1.29, 1.82) is 0 Å². The second-order valence-electron chi connectivity index (χ2n) is 4.93. The molecule has 1 aliphatic rings. The number of carboxylic acids is 1. The SMILES string of the molecule is O=C(O)CCC1CCN(C(=O)c2c(Cl)cccc2Cl)C1. The van der Waals surface area contributed by atoms with Gasteiger partial charge in [0, 0.05) is 19.5 Å². The number of carbonyl (C=O) groups is 2. The van der Waals surface area contributed by atoms with E-state index in [1.54, 1.807) is 23.1 Å². The summed E-state index contributed by atoms with van der Waals surface area (Å²) in [5.74, 6) is -0.751. The molecule has 1 fully saturated rings. The topological polar surface area (TPSA) is 57.6 Å². The van der Waals surface area contributed by atoms with Crippen molar-refractivity contribution in [2.75, 3.05) is 13.1 Å². The fourth-order valence-corrected chi connectivity index (χ4v) is 3.00. The van der Waals surface area contributed by atoms with Gasteiger partial charge < -0.3 is 10.0 Å². The van der Waals surface area contributed by atoms with Crippen LogP contribution in [0.4, 0.5) is 0 Å². The molecule has 1 aromatic rings. The molecule has 1 unspecified atom stereocenters. The average Bonchev–Trinajstić information content (AvgIpc) is 2.84. The normalized spacial score (nSPS) is 18.3. The molecule has 1 aliphatic heterocycles. The van der Waals surface area contributed by atoms with Gasteiger partial charge in [0.05, 0.1) is 15.6 Å². The van der Waals surface area contributed by atoms with E-state index >= 15 is 0 Å². The lowest BCUT2D eigenvalue weighted by molar-refractivity contribution is -0.137. The van der Waals surface area contributed by atoms with Gasteiger partial charge in [-0.25, -0.2) is 0 Å². The third-order valence-electron chi connectivity index (χ3n) is 3.52. The minimum atomic E-state index is -0.802. The second kappa shape index (κ2) is 6.46. The Kier molecular flexibility index (Phi) is 4.89. The molecule has 1 amide bonds. The van der Waals surface area contributed by atoms with Crippen molar-refractivity contribution in [1.82, 2.24) is 4.90 Å². The van der Waals surface area contributed by atoms with Crippen LogP contribution in [-0.2, 0) is 4.79 Å². The van der Waals surface area contributed by atoms with Gasteiger partial charge in [-0.2, -0.15) is 0 Å². The molecule has 0 radical (unpaired) electrons. The van der Waals surface area contributed by atoms with Gasteiger partial charge in [0.2, 0.25) is 0 Å². The van der Waals surface area contributed by atoms with Crippen LogP contribution in [0.15, 0.2) is 18.2 Å². The van der Waals surface area contributed by atoms with Crippen molar-refractivity contribution in [2.24, 2.45) is 5.92 Å². The maximum Gasteiger partial charge on any atom is 0.303 e. The zero-order chi connectivity index (χ0) is 14.7. The standard InChI is InChI=1S/C14H15Cl2NO3/c15-10-2-1-3-11(16)13(10)14(20)17-7-6-9(8-17)4-5-12(18)19/h1-3,9H,4-8H2,(H,18,19). The minimum absolute atomic E-state index is 0.138. The van der Waals surface area contributed by atoms with Crippen LogP contribution in [0, 0.1) is 5.92 Å². The number of hydrogen-bond acceptors (Lipinski definition) is 2. The highest BCUT2D eigenvalue weighted by Gasteiger charge is 2.29. The fourth-order valence-electron chi connectivity index (χ4n) is 2.44. The van der Waals surface area contributed by atoms with Crippen molar-refractivity contribution < 1.29 is 14.7 Å². The number of hydrogen-bond donors (Lipinski definition) is 1. The lowest BCUT2D eigenvalue weighted by Gasteiger charge is -2.18. The Labute approximate surface area is 127 Å². The Hall–Kier alpha value is -1.26. The number of amides is 1. The second-order valence-corrected chi connectivity index (χ2v) is 5.75. The van der Waals surface area contributed by atoms with Crippen molar-refractivity contribution in [2.45, 2.75) is 19.3 Å². The van der Waals surface area contributed by atoms with E-state index in [-0.39, 0.29) is 18.2 Å². The third kappa shape index (κ3) is 3.44. The quantitative estimate of drug-likeness (QED) is 0.927. The van der Waals surface area contributed by atoms with E-state index in [0.717, 1.165) is 6.42 Å². The maximum absolute atomic E-state index is 12.4. The van der Waals surface area contributed by atoms with Crippen molar-refractivity contribution in [3.05, 3.63) is 33.8 Å². The van der Waals surface area contributed by atoms with Gasteiger partial charge in [-0.05, 0) is 30.9 Å². The predicted molar refractivity (Wildman–Crippen MR) is 77.3 cm³/mol. The molecule has 6 heteroatoms. The predicted octanol–water partition coefficient (Wildman–Crippen LogP) is 3.32. The fraction of sp³-hybridized carbons (Fsp3) is 0.429. The van der Waals surface area contributed by atoms with Gasteiger partial charge in [0.15, 0.2) is 0 Å². The van der Waals surface area contributed by atoms with E-state index < -0.39 is 5.97 Å². The number of halogens is 2. The molecular weight excluding hydrogens is 301 g/mol. The summed E-state index contributed by atoms with van der Waals surface area (Å²) in [6.45, 7) is 1.18. The molecule has 0 spiro atoms. The zero-order valence-corrected chi connectivity index (χ0v) is 12.3. The van der Waals surface area contributed by atoms with Crippen LogP contribution >= 0.6 is 23.2 Å². The lowest BCUT2D eigenvalue weighted by atomic mass is 10.0. The van der Waals surface area contributed by atoms with E-state index in [2.05, 4.69) is 0 Å². The van der Waals surface area contributed by atoms with Crippen LogP contribution in [0.3, 0.4) is 0 Å².